The molecule has 0 N–H and O–H groups in total. The molecule has 0 bridgehead atoms. The van der Waals surface area contributed by atoms with Gasteiger partial charge in [-0.3, -0.25) is 0 Å². The van der Waals surface area contributed by atoms with Gasteiger partial charge in [-0.2, -0.15) is 5.26 Å². The molecule has 0 aliphatic heterocycles. The van der Waals surface area contributed by atoms with Crippen molar-refractivity contribution in [2.24, 2.45) is 0 Å². The SMILES string of the molecule is N#Cc1cccc(-c2cccc(-c3ccc(-n4c5ccccc5c5cc(-c6ccc7c(c6)c6ccccc6n7-c6ccccc6)ccc54)cc3)c2)c1. The molecule has 0 fully saturated rings. The van der Waals surface area contributed by atoms with Crippen LogP contribution in [0.2, 0.25) is 0 Å². The number of benzene rings is 8. The van der Waals surface area contributed by atoms with Gasteiger partial charge in [-0.1, -0.05) is 109 Å². The molecule has 0 spiro atoms. The summed E-state index contributed by atoms with van der Waals surface area (Å²) in [6.45, 7) is 0. The number of hydrogen-bond acceptors (Lipinski definition) is 1. The standard InChI is InChI=1S/C49H31N3/c50-32-33-10-8-11-35(28-33)37-13-9-12-36(29-37)34-20-24-41(25-21-34)52-47-19-7-5-17-43(47)45-31-39(23-27-49(45)52)38-22-26-48-44(30-38)42-16-4-6-18-46(42)51(48)40-14-2-1-3-15-40/h1-31H. The first-order valence-electron chi connectivity index (χ1n) is 17.6. The third-order valence-electron chi connectivity index (χ3n) is 10.3. The number of rotatable bonds is 5. The molecular formula is C49H31N3. The number of aromatic nitrogens is 2. The molecule has 242 valence electrons. The van der Waals surface area contributed by atoms with E-state index in [9.17, 15) is 5.26 Å². The molecule has 3 heteroatoms. The molecule has 52 heavy (non-hydrogen) atoms. The summed E-state index contributed by atoms with van der Waals surface area (Å²) >= 11 is 0. The molecule has 0 saturated heterocycles. The van der Waals surface area contributed by atoms with Gasteiger partial charge in [0.05, 0.1) is 33.7 Å². The van der Waals surface area contributed by atoms with E-state index >= 15 is 0 Å². The zero-order valence-corrected chi connectivity index (χ0v) is 28.2. The van der Waals surface area contributed by atoms with Crippen molar-refractivity contribution in [3.05, 3.63) is 194 Å². The average molecular weight is 662 g/mol. The van der Waals surface area contributed by atoms with Gasteiger partial charge < -0.3 is 9.13 Å². The number of nitriles is 1. The Morgan fingerprint density at radius 3 is 1.35 bits per heavy atom. The van der Waals surface area contributed by atoms with Crippen LogP contribution >= 0.6 is 0 Å². The zero-order valence-electron chi connectivity index (χ0n) is 28.2. The third-order valence-corrected chi connectivity index (χ3v) is 10.3. The molecule has 2 heterocycles. The summed E-state index contributed by atoms with van der Waals surface area (Å²) in [7, 11) is 0. The molecule has 0 amide bonds. The second-order valence-electron chi connectivity index (χ2n) is 13.3. The smallest absolute Gasteiger partial charge is 0.0991 e. The van der Waals surface area contributed by atoms with Gasteiger partial charge in [0.15, 0.2) is 0 Å². The fourth-order valence-corrected chi connectivity index (χ4v) is 7.89. The maximum Gasteiger partial charge on any atom is 0.0991 e. The van der Waals surface area contributed by atoms with Crippen LogP contribution in [0.3, 0.4) is 0 Å². The lowest BCUT2D eigenvalue weighted by Gasteiger charge is -2.11. The van der Waals surface area contributed by atoms with Crippen LogP contribution in [0.1, 0.15) is 5.56 Å². The summed E-state index contributed by atoms with van der Waals surface area (Å²) < 4.78 is 4.74. The maximum absolute atomic E-state index is 9.39. The predicted octanol–water partition coefficient (Wildman–Crippen LogP) is 12.8. The van der Waals surface area contributed by atoms with Gasteiger partial charge in [0, 0.05) is 32.9 Å². The molecule has 0 unspecified atom stereocenters. The van der Waals surface area contributed by atoms with E-state index in [1.54, 1.807) is 0 Å². The molecular weight excluding hydrogens is 631 g/mol. The minimum absolute atomic E-state index is 0.666. The number of para-hydroxylation sites is 3. The number of fused-ring (bicyclic) bond motifs is 6. The highest BCUT2D eigenvalue weighted by molar-refractivity contribution is 6.12. The third kappa shape index (κ3) is 4.81. The second-order valence-corrected chi connectivity index (χ2v) is 13.3. The van der Waals surface area contributed by atoms with E-state index in [-0.39, 0.29) is 0 Å². The molecule has 10 aromatic rings. The van der Waals surface area contributed by atoms with E-state index in [1.807, 2.05) is 18.2 Å². The first-order chi connectivity index (χ1) is 25.7. The summed E-state index contributed by atoms with van der Waals surface area (Å²) in [4.78, 5) is 0. The largest absolute Gasteiger partial charge is 0.309 e. The van der Waals surface area contributed by atoms with Crippen LogP contribution < -0.4 is 0 Å². The second kappa shape index (κ2) is 12.0. The Hall–Kier alpha value is -7.15. The van der Waals surface area contributed by atoms with Crippen molar-refractivity contribution < 1.29 is 0 Å². The van der Waals surface area contributed by atoms with Gasteiger partial charge in [-0.25, -0.2) is 0 Å². The van der Waals surface area contributed by atoms with Crippen LogP contribution in [0.25, 0.3) is 88.4 Å². The van der Waals surface area contributed by atoms with E-state index in [0.29, 0.717) is 5.56 Å². The van der Waals surface area contributed by atoms with E-state index in [4.69, 9.17) is 0 Å². The normalized spacial score (nSPS) is 11.4. The summed E-state index contributed by atoms with van der Waals surface area (Å²) in [5.74, 6) is 0. The minimum atomic E-state index is 0.666. The zero-order chi connectivity index (χ0) is 34.6. The Kier molecular flexibility index (Phi) is 6.87. The van der Waals surface area contributed by atoms with Crippen molar-refractivity contribution in [3.8, 4) is 50.8 Å². The van der Waals surface area contributed by atoms with E-state index in [1.165, 1.54) is 60.4 Å². The van der Waals surface area contributed by atoms with E-state index in [0.717, 1.165) is 27.9 Å². The highest BCUT2D eigenvalue weighted by Gasteiger charge is 2.16. The van der Waals surface area contributed by atoms with Crippen molar-refractivity contribution >= 4 is 43.6 Å². The predicted molar refractivity (Wildman–Crippen MR) is 216 cm³/mol. The maximum atomic E-state index is 9.39. The lowest BCUT2D eigenvalue weighted by molar-refractivity contribution is 1.18. The van der Waals surface area contributed by atoms with E-state index in [2.05, 4.69) is 185 Å². The van der Waals surface area contributed by atoms with E-state index < -0.39 is 0 Å². The molecule has 2 aromatic heterocycles. The summed E-state index contributed by atoms with van der Waals surface area (Å²) in [6, 6.07) is 69.2. The summed E-state index contributed by atoms with van der Waals surface area (Å²) in [5.41, 5.74) is 14.6. The van der Waals surface area contributed by atoms with Crippen molar-refractivity contribution in [1.29, 1.82) is 5.26 Å². The average Bonchev–Trinajstić information content (AvgIpc) is 3.73. The quantitative estimate of drug-likeness (QED) is 0.181. The molecule has 0 saturated carbocycles. The minimum Gasteiger partial charge on any atom is -0.309 e. The van der Waals surface area contributed by atoms with Gasteiger partial charge in [0.2, 0.25) is 0 Å². The lowest BCUT2D eigenvalue weighted by atomic mass is 9.98. The molecule has 0 aliphatic carbocycles. The Morgan fingerprint density at radius 2 is 0.750 bits per heavy atom. The Morgan fingerprint density at radius 1 is 0.308 bits per heavy atom. The number of nitrogens with zero attached hydrogens (tertiary/aromatic N) is 3. The van der Waals surface area contributed by atoms with Crippen molar-refractivity contribution in [3.63, 3.8) is 0 Å². The first-order valence-corrected chi connectivity index (χ1v) is 17.6. The molecule has 8 aromatic carbocycles. The molecule has 10 rings (SSSR count). The van der Waals surface area contributed by atoms with Crippen LogP contribution in [0.5, 0.6) is 0 Å². The number of hydrogen-bond donors (Lipinski definition) is 0. The summed E-state index contributed by atoms with van der Waals surface area (Å²) in [5, 5.41) is 14.4. The van der Waals surface area contributed by atoms with Gasteiger partial charge in [0.1, 0.15) is 0 Å². The Labute approximate surface area is 301 Å². The first kappa shape index (κ1) is 29.7. The topological polar surface area (TPSA) is 33.6 Å². The molecule has 0 atom stereocenters. The molecule has 0 radical (unpaired) electrons. The highest BCUT2D eigenvalue weighted by atomic mass is 15.0. The van der Waals surface area contributed by atoms with Gasteiger partial charge >= 0.3 is 0 Å². The van der Waals surface area contributed by atoms with Crippen LogP contribution in [-0.2, 0) is 0 Å². The van der Waals surface area contributed by atoms with Crippen LogP contribution in [-0.4, -0.2) is 9.13 Å². The monoisotopic (exact) mass is 661 g/mol. The van der Waals surface area contributed by atoms with Crippen LogP contribution in [0.15, 0.2) is 188 Å². The van der Waals surface area contributed by atoms with Gasteiger partial charge in [-0.15, -0.1) is 0 Å². The highest BCUT2D eigenvalue weighted by Crippen LogP contribution is 2.38. The molecule has 3 nitrogen and oxygen atoms in total. The summed E-state index contributed by atoms with van der Waals surface area (Å²) in [6.07, 6.45) is 0. The van der Waals surface area contributed by atoms with Crippen molar-refractivity contribution in [2.75, 3.05) is 0 Å². The lowest BCUT2D eigenvalue weighted by Crippen LogP contribution is -1.94. The Bertz CT molecular complexity index is 3010. The van der Waals surface area contributed by atoms with Crippen molar-refractivity contribution in [1.82, 2.24) is 9.13 Å². The van der Waals surface area contributed by atoms with Gasteiger partial charge in [0.25, 0.3) is 0 Å². The van der Waals surface area contributed by atoms with Crippen molar-refractivity contribution in [2.45, 2.75) is 0 Å². The fraction of sp³-hybridized carbons (Fsp3) is 0. The van der Waals surface area contributed by atoms with Gasteiger partial charge in [-0.05, 0) is 112 Å². The van der Waals surface area contributed by atoms with Crippen LogP contribution in [0.4, 0.5) is 0 Å². The molecule has 0 aliphatic rings. The van der Waals surface area contributed by atoms with Crippen LogP contribution in [0, 0.1) is 11.3 Å². The Balaban J connectivity index is 1.05. The fourth-order valence-electron chi connectivity index (χ4n) is 7.89.